The summed E-state index contributed by atoms with van der Waals surface area (Å²) in [6, 6.07) is 0. The fourth-order valence-electron chi connectivity index (χ4n) is 2.20. The summed E-state index contributed by atoms with van der Waals surface area (Å²) < 4.78 is 19.0. The van der Waals surface area contributed by atoms with Gasteiger partial charge in [0.15, 0.2) is 0 Å². The van der Waals surface area contributed by atoms with Gasteiger partial charge in [-0.05, 0) is 52.2 Å². The van der Waals surface area contributed by atoms with Crippen molar-refractivity contribution in [1.29, 1.82) is 0 Å². The molecule has 2 unspecified atom stereocenters. The van der Waals surface area contributed by atoms with E-state index >= 15 is 0 Å². The number of hydrogen-bond acceptors (Lipinski definition) is 3. The van der Waals surface area contributed by atoms with E-state index in [-0.39, 0.29) is 11.2 Å². The Balaban J connectivity index is 4.20. The fraction of sp³-hybridized carbons (Fsp3) is 0.944. The third kappa shape index (κ3) is 12.3. The molecule has 132 valence electrons. The molecule has 4 heteroatoms. The van der Waals surface area contributed by atoms with E-state index in [9.17, 15) is 9.18 Å². The SMILES string of the molecule is CCCCCC(SCCCC(F)CCC)C(=O)OC(C)(C)C. The van der Waals surface area contributed by atoms with Gasteiger partial charge in [-0.25, -0.2) is 4.39 Å². The summed E-state index contributed by atoms with van der Waals surface area (Å²) in [6.45, 7) is 9.86. The Kier molecular flexibility index (Phi) is 12.1. The third-order valence-corrected chi connectivity index (χ3v) is 4.68. The maximum absolute atomic E-state index is 13.5. The zero-order valence-electron chi connectivity index (χ0n) is 15.1. The maximum Gasteiger partial charge on any atom is 0.319 e. The van der Waals surface area contributed by atoms with Gasteiger partial charge in [-0.1, -0.05) is 39.5 Å². The molecular formula is C18H35FO2S. The Morgan fingerprint density at radius 3 is 2.27 bits per heavy atom. The Bertz CT molecular complexity index is 289. The molecule has 22 heavy (non-hydrogen) atoms. The minimum Gasteiger partial charge on any atom is -0.459 e. The van der Waals surface area contributed by atoms with Gasteiger partial charge in [0, 0.05) is 0 Å². The number of rotatable bonds is 12. The van der Waals surface area contributed by atoms with Crippen molar-refractivity contribution in [2.45, 2.75) is 103 Å². The Labute approximate surface area is 141 Å². The molecule has 2 atom stereocenters. The highest BCUT2D eigenvalue weighted by molar-refractivity contribution is 8.00. The van der Waals surface area contributed by atoms with Crippen LogP contribution < -0.4 is 0 Å². The molecule has 2 nitrogen and oxygen atoms in total. The van der Waals surface area contributed by atoms with Crippen molar-refractivity contribution in [3.05, 3.63) is 0 Å². The molecule has 0 fully saturated rings. The summed E-state index contributed by atoms with van der Waals surface area (Å²) in [6.07, 6.45) is 6.50. The predicted octanol–water partition coefficient (Wildman–Crippen LogP) is 5.93. The number of ether oxygens (including phenoxy) is 1. The number of halogens is 1. The van der Waals surface area contributed by atoms with Crippen LogP contribution in [-0.4, -0.2) is 28.7 Å². The monoisotopic (exact) mass is 334 g/mol. The van der Waals surface area contributed by atoms with Crippen LogP contribution in [0.3, 0.4) is 0 Å². The Hall–Kier alpha value is -0.250. The predicted molar refractivity (Wildman–Crippen MR) is 95.3 cm³/mol. The van der Waals surface area contributed by atoms with E-state index in [1.165, 1.54) is 0 Å². The molecule has 0 saturated heterocycles. The first-order chi connectivity index (χ1) is 10.3. The highest BCUT2D eigenvalue weighted by atomic mass is 32.2. The first-order valence-corrected chi connectivity index (χ1v) is 9.83. The largest absolute Gasteiger partial charge is 0.459 e. The smallest absolute Gasteiger partial charge is 0.319 e. The first-order valence-electron chi connectivity index (χ1n) is 8.78. The molecule has 0 radical (unpaired) electrons. The normalized spacial score (nSPS) is 14.6. The second-order valence-electron chi connectivity index (χ2n) is 6.92. The topological polar surface area (TPSA) is 26.3 Å². The molecular weight excluding hydrogens is 299 g/mol. The molecule has 0 aliphatic carbocycles. The van der Waals surface area contributed by atoms with Crippen LogP contribution in [0, 0.1) is 0 Å². The van der Waals surface area contributed by atoms with Crippen molar-refractivity contribution in [2.75, 3.05) is 5.75 Å². The number of unbranched alkanes of at least 4 members (excludes halogenated alkanes) is 2. The highest BCUT2D eigenvalue weighted by Crippen LogP contribution is 2.24. The van der Waals surface area contributed by atoms with Crippen LogP contribution in [0.1, 0.15) is 86.0 Å². The van der Waals surface area contributed by atoms with Gasteiger partial charge in [0.2, 0.25) is 0 Å². The van der Waals surface area contributed by atoms with Gasteiger partial charge in [-0.2, -0.15) is 0 Å². The first kappa shape index (κ1) is 21.8. The number of hydrogen-bond donors (Lipinski definition) is 0. The van der Waals surface area contributed by atoms with Gasteiger partial charge in [-0.15, -0.1) is 11.8 Å². The molecule has 0 aliphatic rings. The lowest BCUT2D eigenvalue weighted by molar-refractivity contribution is -0.154. The molecule has 0 aromatic rings. The summed E-state index contributed by atoms with van der Waals surface area (Å²) in [5.41, 5.74) is -0.439. The number of thioether (sulfide) groups is 1. The zero-order valence-corrected chi connectivity index (χ0v) is 15.9. The molecule has 0 rings (SSSR count). The van der Waals surface area contributed by atoms with Crippen LogP contribution in [-0.2, 0) is 9.53 Å². The minimum absolute atomic E-state index is 0.102. The van der Waals surface area contributed by atoms with Crippen LogP contribution in [0.25, 0.3) is 0 Å². The highest BCUT2D eigenvalue weighted by Gasteiger charge is 2.25. The standard InChI is InChI=1S/C18H35FO2S/c1-6-8-9-13-16(17(20)21-18(3,4)5)22-14-10-12-15(19)11-7-2/h15-16H,6-14H2,1-5H3. The number of carbonyl (C=O) groups is 1. The average Bonchev–Trinajstić information content (AvgIpc) is 2.39. The van der Waals surface area contributed by atoms with E-state index < -0.39 is 11.8 Å². The van der Waals surface area contributed by atoms with Crippen molar-refractivity contribution in [1.82, 2.24) is 0 Å². The van der Waals surface area contributed by atoms with Gasteiger partial charge in [0.25, 0.3) is 0 Å². The van der Waals surface area contributed by atoms with E-state index in [1.807, 2.05) is 27.7 Å². The molecule has 0 spiro atoms. The van der Waals surface area contributed by atoms with Gasteiger partial charge in [-0.3, -0.25) is 4.79 Å². The Morgan fingerprint density at radius 2 is 1.73 bits per heavy atom. The lowest BCUT2D eigenvalue weighted by atomic mass is 10.1. The van der Waals surface area contributed by atoms with Crippen molar-refractivity contribution < 1.29 is 13.9 Å². The van der Waals surface area contributed by atoms with Crippen LogP contribution in [0.15, 0.2) is 0 Å². The van der Waals surface area contributed by atoms with Crippen LogP contribution in [0.2, 0.25) is 0 Å². The van der Waals surface area contributed by atoms with E-state index in [0.29, 0.717) is 12.8 Å². The summed E-state index contributed by atoms with van der Waals surface area (Å²) in [7, 11) is 0. The molecule has 0 N–H and O–H groups in total. The molecule has 0 aliphatic heterocycles. The lowest BCUT2D eigenvalue weighted by Crippen LogP contribution is -2.30. The van der Waals surface area contributed by atoms with Crippen molar-refractivity contribution in [3.8, 4) is 0 Å². The van der Waals surface area contributed by atoms with Gasteiger partial charge in [0.05, 0.1) is 0 Å². The van der Waals surface area contributed by atoms with Crippen molar-refractivity contribution in [2.24, 2.45) is 0 Å². The van der Waals surface area contributed by atoms with E-state index in [1.54, 1.807) is 11.8 Å². The van der Waals surface area contributed by atoms with Crippen LogP contribution in [0.5, 0.6) is 0 Å². The number of esters is 1. The minimum atomic E-state index is -0.689. The molecule has 0 heterocycles. The molecule has 0 aromatic carbocycles. The zero-order chi connectivity index (χ0) is 17.0. The quantitative estimate of drug-likeness (QED) is 0.327. The summed E-state index contributed by atoms with van der Waals surface area (Å²) >= 11 is 1.64. The lowest BCUT2D eigenvalue weighted by Gasteiger charge is -2.24. The molecule has 0 amide bonds. The molecule has 0 aromatic heterocycles. The van der Waals surface area contributed by atoms with E-state index in [2.05, 4.69) is 6.92 Å². The summed E-state index contributed by atoms with van der Waals surface area (Å²) in [4.78, 5) is 12.3. The van der Waals surface area contributed by atoms with Gasteiger partial charge in [0.1, 0.15) is 17.0 Å². The maximum atomic E-state index is 13.5. The number of alkyl halides is 1. The van der Waals surface area contributed by atoms with E-state index in [0.717, 1.165) is 44.3 Å². The molecule has 0 saturated carbocycles. The van der Waals surface area contributed by atoms with Gasteiger partial charge >= 0.3 is 5.97 Å². The van der Waals surface area contributed by atoms with Crippen LogP contribution >= 0.6 is 11.8 Å². The molecule has 0 bridgehead atoms. The second kappa shape index (κ2) is 12.2. The average molecular weight is 335 g/mol. The fourth-order valence-corrected chi connectivity index (χ4v) is 3.34. The number of carbonyl (C=O) groups excluding carboxylic acids is 1. The van der Waals surface area contributed by atoms with Crippen molar-refractivity contribution >= 4 is 17.7 Å². The summed E-state index contributed by atoms with van der Waals surface area (Å²) in [5, 5.41) is -0.102. The van der Waals surface area contributed by atoms with Crippen molar-refractivity contribution in [3.63, 3.8) is 0 Å². The van der Waals surface area contributed by atoms with Gasteiger partial charge < -0.3 is 4.74 Å². The third-order valence-electron chi connectivity index (χ3n) is 3.32. The Morgan fingerprint density at radius 1 is 1.05 bits per heavy atom. The van der Waals surface area contributed by atoms with E-state index in [4.69, 9.17) is 4.74 Å². The van der Waals surface area contributed by atoms with Crippen LogP contribution in [0.4, 0.5) is 4.39 Å². The second-order valence-corrected chi connectivity index (χ2v) is 8.23. The summed E-state index contributed by atoms with van der Waals surface area (Å²) in [5.74, 6) is 0.721.